The van der Waals surface area contributed by atoms with Gasteiger partial charge in [-0.1, -0.05) is 18.2 Å². The molecule has 3 N–H and O–H groups in total. The Morgan fingerprint density at radius 3 is 2.46 bits per heavy atom. The molecule has 2 aromatic carbocycles. The quantitative estimate of drug-likeness (QED) is 0.731. The average molecular weight is 328 g/mol. The van der Waals surface area contributed by atoms with E-state index in [0.717, 1.165) is 23.2 Å². The van der Waals surface area contributed by atoms with Gasteiger partial charge in [-0.15, -0.1) is 0 Å². The zero-order valence-corrected chi connectivity index (χ0v) is 14.2. The third kappa shape index (κ3) is 5.19. The number of benzene rings is 2. The van der Waals surface area contributed by atoms with Gasteiger partial charge in [0.25, 0.3) is 0 Å². The van der Waals surface area contributed by atoms with Crippen LogP contribution in [0.3, 0.4) is 0 Å². The summed E-state index contributed by atoms with van der Waals surface area (Å²) >= 11 is 0. The molecule has 2 rings (SSSR count). The number of carbonyl (C=O) groups excluding carboxylic acids is 1. The van der Waals surface area contributed by atoms with E-state index in [2.05, 4.69) is 5.32 Å². The lowest BCUT2D eigenvalue weighted by molar-refractivity contribution is -0.121. The number of methoxy groups -OCH3 is 2. The van der Waals surface area contributed by atoms with Crippen molar-refractivity contribution in [2.75, 3.05) is 26.5 Å². The van der Waals surface area contributed by atoms with Gasteiger partial charge in [-0.25, -0.2) is 0 Å². The van der Waals surface area contributed by atoms with Crippen molar-refractivity contribution in [3.8, 4) is 11.5 Å². The maximum atomic E-state index is 11.9. The van der Waals surface area contributed by atoms with Gasteiger partial charge in [0, 0.05) is 18.7 Å². The second-order valence-electron chi connectivity index (χ2n) is 5.53. The molecule has 5 heteroatoms. The third-order valence-electron chi connectivity index (χ3n) is 3.78. The minimum atomic E-state index is 0.0397. The summed E-state index contributed by atoms with van der Waals surface area (Å²) in [6, 6.07) is 13.4. The first-order valence-corrected chi connectivity index (χ1v) is 7.94. The fourth-order valence-electron chi connectivity index (χ4n) is 2.48. The molecule has 0 aliphatic rings. The van der Waals surface area contributed by atoms with Gasteiger partial charge in [0.1, 0.15) is 0 Å². The summed E-state index contributed by atoms with van der Waals surface area (Å²) in [5, 5.41) is 2.94. The first kappa shape index (κ1) is 17.7. The Hall–Kier alpha value is -2.69. The van der Waals surface area contributed by atoms with E-state index < -0.39 is 0 Å². The number of aryl methyl sites for hydroxylation is 1. The SMILES string of the molecule is COc1ccc(CCNC(=O)CCc2cccc(N)c2)cc1OC. The zero-order chi connectivity index (χ0) is 17.4. The molecule has 0 bridgehead atoms. The molecule has 5 nitrogen and oxygen atoms in total. The molecular weight excluding hydrogens is 304 g/mol. The van der Waals surface area contributed by atoms with Crippen molar-refractivity contribution in [1.82, 2.24) is 5.32 Å². The smallest absolute Gasteiger partial charge is 0.220 e. The molecule has 0 saturated heterocycles. The summed E-state index contributed by atoms with van der Waals surface area (Å²) in [6.07, 6.45) is 1.88. The number of carbonyl (C=O) groups is 1. The monoisotopic (exact) mass is 328 g/mol. The van der Waals surface area contributed by atoms with Crippen LogP contribution in [0.4, 0.5) is 5.69 Å². The lowest BCUT2D eigenvalue weighted by Crippen LogP contribution is -2.25. The predicted molar refractivity (Wildman–Crippen MR) is 95.4 cm³/mol. The Morgan fingerprint density at radius 2 is 1.75 bits per heavy atom. The van der Waals surface area contributed by atoms with Crippen molar-refractivity contribution in [2.45, 2.75) is 19.3 Å². The molecule has 24 heavy (non-hydrogen) atoms. The van der Waals surface area contributed by atoms with Crippen LogP contribution in [0.15, 0.2) is 42.5 Å². The second-order valence-corrected chi connectivity index (χ2v) is 5.53. The lowest BCUT2D eigenvalue weighted by atomic mass is 10.1. The van der Waals surface area contributed by atoms with E-state index in [1.807, 2.05) is 42.5 Å². The van der Waals surface area contributed by atoms with Crippen LogP contribution < -0.4 is 20.5 Å². The Kier molecular flexibility index (Phi) is 6.49. The van der Waals surface area contributed by atoms with E-state index in [9.17, 15) is 4.79 Å². The van der Waals surface area contributed by atoms with Gasteiger partial charge >= 0.3 is 0 Å². The summed E-state index contributed by atoms with van der Waals surface area (Å²) in [5.41, 5.74) is 8.62. The largest absolute Gasteiger partial charge is 0.493 e. The van der Waals surface area contributed by atoms with Crippen LogP contribution in [0.25, 0.3) is 0 Å². The van der Waals surface area contributed by atoms with Crippen LogP contribution in [-0.4, -0.2) is 26.7 Å². The molecule has 0 heterocycles. The van der Waals surface area contributed by atoms with Crippen molar-refractivity contribution in [3.05, 3.63) is 53.6 Å². The molecule has 0 atom stereocenters. The molecular formula is C19H24N2O3. The van der Waals surface area contributed by atoms with Crippen LogP contribution >= 0.6 is 0 Å². The van der Waals surface area contributed by atoms with Gasteiger partial charge in [-0.2, -0.15) is 0 Å². The Labute approximate surface area is 142 Å². The highest BCUT2D eigenvalue weighted by Crippen LogP contribution is 2.27. The maximum absolute atomic E-state index is 11.9. The summed E-state index contributed by atoms with van der Waals surface area (Å²) in [4.78, 5) is 11.9. The number of nitrogens with one attached hydrogen (secondary N) is 1. The number of ether oxygens (including phenoxy) is 2. The molecule has 0 radical (unpaired) electrons. The van der Waals surface area contributed by atoms with E-state index in [-0.39, 0.29) is 5.91 Å². The van der Waals surface area contributed by atoms with Crippen LogP contribution in [0.5, 0.6) is 11.5 Å². The van der Waals surface area contributed by atoms with Crippen LogP contribution in [-0.2, 0) is 17.6 Å². The molecule has 0 unspecified atom stereocenters. The Morgan fingerprint density at radius 1 is 1.00 bits per heavy atom. The average Bonchev–Trinajstić information content (AvgIpc) is 2.60. The molecule has 0 aromatic heterocycles. The van der Waals surface area contributed by atoms with E-state index >= 15 is 0 Å². The molecule has 2 aromatic rings. The number of nitrogen functional groups attached to an aromatic ring is 1. The van der Waals surface area contributed by atoms with Crippen molar-refractivity contribution < 1.29 is 14.3 Å². The first-order chi connectivity index (χ1) is 11.6. The Balaban J connectivity index is 1.76. The topological polar surface area (TPSA) is 73.6 Å². The summed E-state index contributed by atoms with van der Waals surface area (Å²) < 4.78 is 10.5. The highest BCUT2D eigenvalue weighted by atomic mass is 16.5. The van der Waals surface area contributed by atoms with Crippen LogP contribution in [0.2, 0.25) is 0 Å². The number of anilines is 1. The molecule has 0 fully saturated rings. The van der Waals surface area contributed by atoms with Crippen molar-refractivity contribution in [2.24, 2.45) is 0 Å². The number of hydrogen-bond donors (Lipinski definition) is 2. The molecule has 0 aliphatic heterocycles. The first-order valence-electron chi connectivity index (χ1n) is 7.94. The van der Waals surface area contributed by atoms with Crippen molar-refractivity contribution in [1.29, 1.82) is 0 Å². The van der Waals surface area contributed by atoms with Gasteiger partial charge in [0.15, 0.2) is 11.5 Å². The zero-order valence-electron chi connectivity index (χ0n) is 14.2. The van der Waals surface area contributed by atoms with Crippen LogP contribution in [0, 0.1) is 0 Å². The summed E-state index contributed by atoms with van der Waals surface area (Å²) in [6.45, 7) is 0.589. The van der Waals surface area contributed by atoms with Gasteiger partial charge in [-0.05, 0) is 48.2 Å². The van der Waals surface area contributed by atoms with Gasteiger partial charge in [-0.3, -0.25) is 4.79 Å². The lowest BCUT2D eigenvalue weighted by Gasteiger charge is -2.10. The number of amides is 1. The molecule has 0 spiro atoms. The fraction of sp³-hybridized carbons (Fsp3) is 0.316. The van der Waals surface area contributed by atoms with Crippen molar-refractivity contribution >= 4 is 11.6 Å². The van der Waals surface area contributed by atoms with Gasteiger partial charge < -0.3 is 20.5 Å². The van der Waals surface area contributed by atoms with Crippen molar-refractivity contribution in [3.63, 3.8) is 0 Å². The standard InChI is InChI=1S/C19H24N2O3/c1-23-17-8-6-15(13-18(17)24-2)10-11-21-19(22)9-7-14-4-3-5-16(20)12-14/h3-6,8,12-13H,7,9-11,20H2,1-2H3,(H,21,22). The molecule has 128 valence electrons. The highest BCUT2D eigenvalue weighted by Gasteiger charge is 2.06. The number of rotatable bonds is 8. The van der Waals surface area contributed by atoms with E-state index in [1.54, 1.807) is 14.2 Å². The van der Waals surface area contributed by atoms with Gasteiger partial charge in [0.05, 0.1) is 14.2 Å². The van der Waals surface area contributed by atoms with E-state index in [4.69, 9.17) is 15.2 Å². The molecule has 1 amide bonds. The van der Waals surface area contributed by atoms with Crippen LogP contribution in [0.1, 0.15) is 17.5 Å². The normalized spacial score (nSPS) is 10.2. The molecule has 0 aliphatic carbocycles. The number of hydrogen-bond acceptors (Lipinski definition) is 4. The second kappa shape index (κ2) is 8.82. The maximum Gasteiger partial charge on any atom is 0.220 e. The van der Waals surface area contributed by atoms with E-state index in [1.165, 1.54) is 0 Å². The summed E-state index contributed by atoms with van der Waals surface area (Å²) in [7, 11) is 3.22. The minimum absolute atomic E-state index is 0.0397. The third-order valence-corrected chi connectivity index (χ3v) is 3.78. The fourth-order valence-corrected chi connectivity index (χ4v) is 2.48. The summed E-state index contributed by atoms with van der Waals surface area (Å²) in [5.74, 6) is 1.44. The van der Waals surface area contributed by atoms with Gasteiger partial charge in [0.2, 0.25) is 5.91 Å². The van der Waals surface area contributed by atoms with E-state index in [0.29, 0.717) is 30.9 Å². The minimum Gasteiger partial charge on any atom is -0.493 e. The highest BCUT2D eigenvalue weighted by molar-refractivity contribution is 5.76. The Bertz CT molecular complexity index is 686. The predicted octanol–water partition coefficient (Wildman–Crippen LogP) is 2.58. The number of nitrogens with two attached hydrogens (primary N) is 1. The molecule has 0 saturated carbocycles.